The number of nitrogens with zero attached hydrogens (tertiary/aromatic N) is 2. The number of thiophene rings is 1. The average molecular weight is 235 g/mol. The van der Waals surface area contributed by atoms with Crippen LogP contribution in [0, 0.1) is 13.8 Å². The van der Waals surface area contributed by atoms with Crippen molar-refractivity contribution in [2.24, 2.45) is 7.05 Å². The molecule has 0 saturated carbocycles. The summed E-state index contributed by atoms with van der Waals surface area (Å²) in [4.78, 5) is 2.57. The molecule has 2 aromatic rings. The number of nitrogens with two attached hydrogens (primary N) is 1. The summed E-state index contributed by atoms with van der Waals surface area (Å²) in [5.74, 6) is 0.779. The van der Waals surface area contributed by atoms with Crippen molar-refractivity contribution in [3.8, 4) is 10.6 Å². The maximum Gasteiger partial charge on any atom is 0.125 e. The number of aromatic nitrogens is 2. The van der Waals surface area contributed by atoms with E-state index in [-0.39, 0.29) is 0 Å². The minimum Gasteiger partial charge on any atom is -0.384 e. The Labute approximate surface area is 99.9 Å². The molecule has 3 nitrogen and oxygen atoms in total. The summed E-state index contributed by atoms with van der Waals surface area (Å²) in [5.41, 5.74) is 9.53. The summed E-state index contributed by atoms with van der Waals surface area (Å²) in [7, 11) is 1.89. The Balaban J connectivity index is 2.59. The fourth-order valence-corrected chi connectivity index (χ4v) is 2.86. The quantitative estimate of drug-likeness (QED) is 0.869. The minimum absolute atomic E-state index is 0.779. The molecule has 0 amide bonds. The molecule has 2 N–H and O–H groups in total. The van der Waals surface area contributed by atoms with Gasteiger partial charge in [0, 0.05) is 17.5 Å². The molecule has 0 aliphatic heterocycles. The van der Waals surface area contributed by atoms with E-state index in [9.17, 15) is 0 Å². The Morgan fingerprint density at radius 3 is 2.62 bits per heavy atom. The van der Waals surface area contributed by atoms with Crippen molar-refractivity contribution < 1.29 is 0 Å². The Morgan fingerprint density at radius 1 is 1.44 bits per heavy atom. The maximum absolute atomic E-state index is 6.00. The zero-order valence-corrected chi connectivity index (χ0v) is 11.0. The van der Waals surface area contributed by atoms with Crippen LogP contribution in [0.1, 0.15) is 22.9 Å². The van der Waals surface area contributed by atoms with Gasteiger partial charge in [0.1, 0.15) is 11.5 Å². The minimum atomic E-state index is 0.779. The smallest absolute Gasteiger partial charge is 0.125 e. The summed E-state index contributed by atoms with van der Waals surface area (Å²) in [6, 6.07) is 2.20. The lowest BCUT2D eigenvalue weighted by Crippen LogP contribution is -1.98. The van der Waals surface area contributed by atoms with Gasteiger partial charge in [0.15, 0.2) is 0 Å². The molecule has 2 rings (SSSR count). The first-order valence-corrected chi connectivity index (χ1v) is 6.25. The number of aryl methyl sites for hydroxylation is 3. The number of anilines is 1. The standard InChI is InChI=1S/C12H17N3S/c1-5-9-11(14-15(4)12(9)13)10-6-7(2)8(3)16-10/h6H,5,13H2,1-4H3. The molecule has 0 bridgehead atoms. The first kappa shape index (κ1) is 11.2. The second-order valence-electron chi connectivity index (χ2n) is 4.04. The molecular formula is C12H17N3S. The predicted octanol–water partition coefficient (Wildman–Crippen LogP) is 2.91. The number of hydrogen-bond donors (Lipinski definition) is 1. The molecular weight excluding hydrogens is 218 g/mol. The molecule has 86 valence electrons. The second-order valence-corrected chi connectivity index (χ2v) is 5.30. The third-order valence-electron chi connectivity index (χ3n) is 2.95. The topological polar surface area (TPSA) is 43.8 Å². The van der Waals surface area contributed by atoms with E-state index >= 15 is 0 Å². The van der Waals surface area contributed by atoms with Crippen LogP contribution in [0.4, 0.5) is 5.82 Å². The molecule has 0 aliphatic carbocycles. The lowest BCUT2D eigenvalue weighted by molar-refractivity contribution is 0.782. The van der Waals surface area contributed by atoms with Crippen LogP contribution in [0.25, 0.3) is 10.6 Å². The van der Waals surface area contributed by atoms with E-state index in [0.717, 1.165) is 23.5 Å². The summed E-state index contributed by atoms with van der Waals surface area (Å²) in [5, 5.41) is 4.51. The van der Waals surface area contributed by atoms with Gasteiger partial charge in [-0.05, 0) is 31.9 Å². The van der Waals surface area contributed by atoms with Crippen LogP contribution in [-0.4, -0.2) is 9.78 Å². The lowest BCUT2D eigenvalue weighted by Gasteiger charge is -1.97. The van der Waals surface area contributed by atoms with Crippen LogP contribution in [0.15, 0.2) is 6.07 Å². The van der Waals surface area contributed by atoms with Crippen molar-refractivity contribution in [1.29, 1.82) is 0 Å². The number of hydrogen-bond acceptors (Lipinski definition) is 3. The van der Waals surface area contributed by atoms with Crippen molar-refractivity contribution in [2.45, 2.75) is 27.2 Å². The Hall–Kier alpha value is -1.29. The highest BCUT2D eigenvalue weighted by Gasteiger charge is 2.15. The van der Waals surface area contributed by atoms with Crippen LogP contribution >= 0.6 is 11.3 Å². The van der Waals surface area contributed by atoms with Gasteiger partial charge in [0.2, 0.25) is 0 Å². The monoisotopic (exact) mass is 235 g/mol. The molecule has 0 unspecified atom stereocenters. The van der Waals surface area contributed by atoms with Crippen molar-refractivity contribution >= 4 is 17.2 Å². The van der Waals surface area contributed by atoms with Gasteiger partial charge in [0.25, 0.3) is 0 Å². The van der Waals surface area contributed by atoms with Gasteiger partial charge >= 0.3 is 0 Å². The molecule has 2 heterocycles. The predicted molar refractivity (Wildman–Crippen MR) is 69.8 cm³/mol. The van der Waals surface area contributed by atoms with E-state index in [0.29, 0.717) is 0 Å². The molecule has 0 saturated heterocycles. The first-order valence-electron chi connectivity index (χ1n) is 5.43. The number of rotatable bonds is 2. The highest BCUT2D eigenvalue weighted by atomic mass is 32.1. The SMILES string of the molecule is CCc1c(-c2cc(C)c(C)s2)nn(C)c1N. The third-order valence-corrected chi connectivity index (χ3v) is 4.11. The number of nitrogen functional groups attached to an aromatic ring is 1. The summed E-state index contributed by atoms with van der Waals surface area (Å²) in [6.45, 7) is 6.39. The fourth-order valence-electron chi connectivity index (χ4n) is 1.82. The zero-order chi connectivity index (χ0) is 11.9. The Bertz CT molecular complexity index is 503. The van der Waals surface area contributed by atoms with Gasteiger partial charge in [-0.1, -0.05) is 6.92 Å². The summed E-state index contributed by atoms with van der Waals surface area (Å²) < 4.78 is 1.76. The van der Waals surface area contributed by atoms with Crippen molar-refractivity contribution in [3.63, 3.8) is 0 Å². The highest BCUT2D eigenvalue weighted by Crippen LogP contribution is 2.34. The fraction of sp³-hybridized carbons (Fsp3) is 0.417. The first-order chi connectivity index (χ1) is 7.54. The summed E-state index contributed by atoms with van der Waals surface area (Å²) in [6.07, 6.45) is 0.922. The van der Waals surface area contributed by atoms with Crippen LogP contribution in [-0.2, 0) is 13.5 Å². The molecule has 0 atom stereocenters. The Morgan fingerprint density at radius 2 is 2.12 bits per heavy atom. The largest absolute Gasteiger partial charge is 0.384 e. The van der Waals surface area contributed by atoms with E-state index < -0.39 is 0 Å². The highest BCUT2D eigenvalue weighted by molar-refractivity contribution is 7.15. The average Bonchev–Trinajstić information content (AvgIpc) is 2.71. The Kier molecular flexibility index (Phi) is 2.76. The molecule has 0 aliphatic rings. The molecule has 0 spiro atoms. The van der Waals surface area contributed by atoms with E-state index in [1.165, 1.54) is 15.3 Å². The molecule has 0 fully saturated rings. The van der Waals surface area contributed by atoms with Crippen LogP contribution in [0.3, 0.4) is 0 Å². The van der Waals surface area contributed by atoms with Crippen molar-refractivity contribution in [3.05, 3.63) is 22.1 Å². The van der Waals surface area contributed by atoms with Gasteiger partial charge < -0.3 is 5.73 Å². The molecule has 2 aromatic heterocycles. The third kappa shape index (κ3) is 1.63. The normalized spacial score (nSPS) is 11.0. The van der Waals surface area contributed by atoms with Crippen molar-refractivity contribution in [2.75, 3.05) is 5.73 Å². The van der Waals surface area contributed by atoms with Crippen LogP contribution < -0.4 is 5.73 Å². The zero-order valence-electron chi connectivity index (χ0n) is 10.2. The maximum atomic E-state index is 6.00. The summed E-state index contributed by atoms with van der Waals surface area (Å²) >= 11 is 1.79. The van der Waals surface area contributed by atoms with E-state index in [2.05, 4.69) is 31.9 Å². The van der Waals surface area contributed by atoms with E-state index in [4.69, 9.17) is 5.73 Å². The van der Waals surface area contributed by atoms with Gasteiger partial charge in [0.05, 0.1) is 4.88 Å². The van der Waals surface area contributed by atoms with E-state index in [1.807, 2.05) is 7.05 Å². The van der Waals surface area contributed by atoms with Gasteiger partial charge in [-0.25, -0.2) is 0 Å². The van der Waals surface area contributed by atoms with Crippen LogP contribution in [0.5, 0.6) is 0 Å². The molecule has 16 heavy (non-hydrogen) atoms. The van der Waals surface area contributed by atoms with Crippen molar-refractivity contribution in [1.82, 2.24) is 9.78 Å². The van der Waals surface area contributed by atoms with Gasteiger partial charge in [-0.15, -0.1) is 11.3 Å². The van der Waals surface area contributed by atoms with Gasteiger partial charge in [-0.2, -0.15) is 5.10 Å². The van der Waals surface area contributed by atoms with E-state index in [1.54, 1.807) is 16.0 Å². The molecule has 0 aromatic carbocycles. The molecule has 0 radical (unpaired) electrons. The second kappa shape index (κ2) is 3.94. The lowest BCUT2D eigenvalue weighted by atomic mass is 10.1. The molecule has 4 heteroatoms. The van der Waals surface area contributed by atoms with Crippen LogP contribution in [0.2, 0.25) is 0 Å². The van der Waals surface area contributed by atoms with Gasteiger partial charge in [-0.3, -0.25) is 4.68 Å².